The van der Waals surface area contributed by atoms with Gasteiger partial charge in [0.25, 0.3) is 0 Å². The highest BCUT2D eigenvalue weighted by Crippen LogP contribution is 2.30. The first-order valence-electron chi connectivity index (χ1n) is 6.02. The SMILES string of the molecule is CC(CNC(=O)N(CC(F)(F)F)C1CC1)CC(=O)O. The molecule has 0 radical (unpaired) electrons. The second-order valence-corrected chi connectivity index (χ2v) is 4.86. The van der Waals surface area contributed by atoms with Crippen molar-refractivity contribution in [3.63, 3.8) is 0 Å². The van der Waals surface area contributed by atoms with Crippen LogP contribution >= 0.6 is 0 Å². The lowest BCUT2D eigenvalue weighted by molar-refractivity contribution is -0.141. The van der Waals surface area contributed by atoms with Crippen LogP contribution in [0.3, 0.4) is 0 Å². The fraction of sp³-hybridized carbons (Fsp3) is 0.818. The molecule has 2 N–H and O–H groups in total. The maximum absolute atomic E-state index is 12.3. The van der Waals surface area contributed by atoms with Crippen molar-refractivity contribution in [1.82, 2.24) is 10.2 Å². The summed E-state index contributed by atoms with van der Waals surface area (Å²) in [6.45, 7) is 0.392. The molecule has 5 nitrogen and oxygen atoms in total. The third kappa shape index (κ3) is 6.30. The van der Waals surface area contributed by atoms with Crippen LogP contribution in [0.25, 0.3) is 0 Å². The number of carbonyl (C=O) groups excluding carboxylic acids is 1. The summed E-state index contributed by atoms with van der Waals surface area (Å²) < 4.78 is 37.0. The summed E-state index contributed by atoms with van der Waals surface area (Å²) in [5, 5.41) is 10.9. The van der Waals surface area contributed by atoms with Crippen molar-refractivity contribution in [3.05, 3.63) is 0 Å². The van der Waals surface area contributed by atoms with E-state index in [1.54, 1.807) is 6.92 Å². The average molecular weight is 282 g/mol. The Morgan fingerprint density at radius 1 is 1.42 bits per heavy atom. The number of amides is 2. The number of rotatable bonds is 6. The number of aliphatic carboxylic acids is 1. The summed E-state index contributed by atoms with van der Waals surface area (Å²) in [6, 6.07) is -1.13. The summed E-state index contributed by atoms with van der Waals surface area (Å²) in [7, 11) is 0. The molecular formula is C11H17F3N2O3. The van der Waals surface area contributed by atoms with E-state index in [-0.39, 0.29) is 24.9 Å². The smallest absolute Gasteiger partial charge is 0.406 e. The van der Waals surface area contributed by atoms with Gasteiger partial charge in [-0.25, -0.2) is 4.79 Å². The van der Waals surface area contributed by atoms with Gasteiger partial charge in [0.2, 0.25) is 0 Å². The number of nitrogens with zero attached hydrogens (tertiary/aromatic N) is 1. The summed E-state index contributed by atoms with van der Waals surface area (Å²) in [6.07, 6.45) is -3.40. The summed E-state index contributed by atoms with van der Waals surface area (Å²) in [5.74, 6) is -1.33. The van der Waals surface area contributed by atoms with Crippen LogP contribution in [0.5, 0.6) is 0 Å². The van der Waals surface area contributed by atoms with E-state index in [0.717, 1.165) is 4.90 Å². The van der Waals surface area contributed by atoms with Gasteiger partial charge in [0.15, 0.2) is 0 Å². The maximum atomic E-state index is 12.3. The lowest BCUT2D eigenvalue weighted by Crippen LogP contribution is -2.47. The Hall–Kier alpha value is -1.47. The maximum Gasteiger partial charge on any atom is 0.406 e. The first-order valence-corrected chi connectivity index (χ1v) is 6.02. The van der Waals surface area contributed by atoms with Crippen molar-refractivity contribution in [3.8, 4) is 0 Å². The van der Waals surface area contributed by atoms with Crippen LogP contribution in [0.2, 0.25) is 0 Å². The zero-order chi connectivity index (χ0) is 14.6. The number of alkyl halides is 3. The zero-order valence-corrected chi connectivity index (χ0v) is 10.5. The van der Waals surface area contributed by atoms with Crippen molar-refractivity contribution in [2.24, 2.45) is 5.92 Å². The third-order valence-corrected chi connectivity index (χ3v) is 2.72. The van der Waals surface area contributed by atoms with Crippen LogP contribution in [-0.4, -0.2) is 47.3 Å². The molecule has 0 aromatic rings. The van der Waals surface area contributed by atoms with Crippen molar-refractivity contribution >= 4 is 12.0 Å². The Balaban J connectivity index is 2.42. The number of carboxylic acid groups (broad SMARTS) is 1. The summed E-state index contributed by atoms with van der Waals surface area (Å²) in [5.41, 5.74) is 0. The Bertz CT molecular complexity index is 343. The molecule has 0 aromatic carbocycles. The first-order chi connectivity index (χ1) is 8.69. The van der Waals surface area contributed by atoms with E-state index in [0.29, 0.717) is 12.8 Å². The molecule has 8 heteroatoms. The second kappa shape index (κ2) is 6.12. The number of carbonyl (C=O) groups is 2. The minimum absolute atomic E-state index is 0.0478. The highest BCUT2D eigenvalue weighted by molar-refractivity contribution is 5.75. The normalized spacial score (nSPS) is 16.8. The topological polar surface area (TPSA) is 69.6 Å². The van der Waals surface area contributed by atoms with E-state index < -0.39 is 24.7 Å². The quantitative estimate of drug-likeness (QED) is 0.781. The fourth-order valence-corrected chi connectivity index (χ4v) is 1.68. The number of hydrogen-bond acceptors (Lipinski definition) is 2. The fourth-order valence-electron chi connectivity index (χ4n) is 1.68. The monoisotopic (exact) mass is 282 g/mol. The lowest BCUT2D eigenvalue weighted by atomic mass is 10.1. The Morgan fingerprint density at radius 2 is 2.00 bits per heavy atom. The Kier molecular flexibility index (Phi) is 5.02. The van der Waals surface area contributed by atoms with Crippen molar-refractivity contribution in [2.75, 3.05) is 13.1 Å². The van der Waals surface area contributed by atoms with E-state index in [1.165, 1.54) is 0 Å². The standard InChI is InChI=1S/C11H17F3N2O3/c1-7(4-9(17)18)5-15-10(19)16(8-2-3-8)6-11(12,13)14/h7-8H,2-6H2,1H3,(H,15,19)(H,17,18). The van der Waals surface area contributed by atoms with Crippen molar-refractivity contribution in [1.29, 1.82) is 0 Å². The minimum Gasteiger partial charge on any atom is -0.481 e. The van der Waals surface area contributed by atoms with Crippen LogP contribution in [0.1, 0.15) is 26.2 Å². The molecule has 110 valence electrons. The molecule has 0 saturated heterocycles. The third-order valence-electron chi connectivity index (χ3n) is 2.72. The molecule has 0 bridgehead atoms. The number of carboxylic acids is 1. The van der Waals surface area contributed by atoms with Gasteiger partial charge in [-0.15, -0.1) is 0 Å². The number of hydrogen-bond donors (Lipinski definition) is 2. The molecule has 0 aliphatic heterocycles. The minimum atomic E-state index is -4.42. The van der Waals surface area contributed by atoms with E-state index >= 15 is 0 Å². The predicted octanol–water partition coefficient (Wildman–Crippen LogP) is 1.83. The largest absolute Gasteiger partial charge is 0.481 e. The molecule has 1 rings (SSSR count). The Labute approximate surface area is 108 Å². The average Bonchev–Trinajstić information content (AvgIpc) is 3.04. The summed E-state index contributed by atoms with van der Waals surface area (Å²) >= 11 is 0. The van der Waals surface area contributed by atoms with Crippen LogP contribution in [0, 0.1) is 5.92 Å². The van der Waals surface area contributed by atoms with Gasteiger partial charge < -0.3 is 15.3 Å². The van der Waals surface area contributed by atoms with Gasteiger partial charge in [-0.2, -0.15) is 13.2 Å². The van der Waals surface area contributed by atoms with Gasteiger partial charge >= 0.3 is 18.2 Å². The zero-order valence-electron chi connectivity index (χ0n) is 10.5. The van der Waals surface area contributed by atoms with E-state index in [4.69, 9.17) is 5.11 Å². The molecule has 0 spiro atoms. The van der Waals surface area contributed by atoms with Crippen molar-refractivity contribution in [2.45, 2.75) is 38.4 Å². The molecule has 1 aliphatic rings. The molecule has 1 fully saturated rings. The molecular weight excluding hydrogens is 265 g/mol. The molecule has 19 heavy (non-hydrogen) atoms. The Morgan fingerprint density at radius 3 is 2.42 bits per heavy atom. The van der Waals surface area contributed by atoms with Crippen LogP contribution < -0.4 is 5.32 Å². The van der Waals surface area contributed by atoms with E-state index in [2.05, 4.69) is 5.32 Å². The van der Waals surface area contributed by atoms with Gasteiger partial charge in [0.05, 0.1) is 0 Å². The van der Waals surface area contributed by atoms with Gasteiger partial charge in [0.1, 0.15) is 6.54 Å². The molecule has 1 saturated carbocycles. The van der Waals surface area contributed by atoms with Crippen LogP contribution in [0.15, 0.2) is 0 Å². The molecule has 0 aromatic heterocycles. The van der Waals surface area contributed by atoms with Crippen LogP contribution in [-0.2, 0) is 4.79 Å². The molecule has 0 heterocycles. The number of urea groups is 1. The van der Waals surface area contributed by atoms with Crippen LogP contribution in [0.4, 0.5) is 18.0 Å². The highest BCUT2D eigenvalue weighted by Gasteiger charge is 2.40. The van der Waals surface area contributed by atoms with Gasteiger partial charge in [-0.05, 0) is 18.8 Å². The molecule has 1 aliphatic carbocycles. The lowest BCUT2D eigenvalue weighted by Gasteiger charge is -2.24. The van der Waals surface area contributed by atoms with Gasteiger partial charge in [-0.3, -0.25) is 4.79 Å². The second-order valence-electron chi connectivity index (χ2n) is 4.86. The van der Waals surface area contributed by atoms with E-state index in [1.807, 2.05) is 0 Å². The molecule has 1 unspecified atom stereocenters. The summed E-state index contributed by atoms with van der Waals surface area (Å²) in [4.78, 5) is 22.9. The van der Waals surface area contributed by atoms with Gasteiger partial charge in [-0.1, -0.05) is 6.92 Å². The molecule has 1 atom stereocenters. The number of halogens is 3. The van der Waals surface area contributed by atoms with E-state index in [9.17, 15) is 22.8 Å². The highest BCUT2D eigenvalue weighted by atomic mass is 19.4. The van der Waals surface area contributed by atoms with Gasteiger partial charge in [0, 0.05) is 19.0 Å². The van der Waals surface area contributed by atoms with Crippen molar-refractivity contribution < 1.29 is 27.9 Å². The molecule has 2 amide bonds. The predicted molar refractivity (Wildman–Crippen MR) is 60.6 cm³/mol. The first kappa shape index (κ1) is 15.6. The number of nitrogens with one attached hydrogen (secondary N) is 1.